The second kappa shape index (κ2) is 7.69. The number of carbonyl (C=O) groups excluding carboxylic acids is 2. The van der Waals surface area contributed by atoms with Gasteiger partial charge < -0.3 is 14.4 Å². The van der Waals surface area contributed by atoms with Gasteiger partial charge in [0.2, 0.25) is 0 Å². The van der Waals surface area contributed by atoms with Crippen LogP contribution in [0, 0.1) is 0 Å². The van der Waals surface area contributed by atoms with Gasteiger partial charge in [0.15, 0.2) is 0 Å². The first kappa shape index (κ1) is 21.9. The summed E-state index contributed by atoms with van der Waals surface area (Å²) >= 11 is 0. The summed E-state index contributed by atoms with van der Waals surface area (Å²) in [5.41, 5.74) is 2.64. The van der Waals surface area contributed by atoms with E-state index in [1.54, 1.807) is 9.47 Å². The molecule has 8 heteroatoms. The molecule has 0 saturated heterocycles. The maximum Gasteiger partial charge on any atom is 0.419 e. The number of H-pyrrole nitrogens is 1. The molecular weight excluding hydrogens is 408 g/mol. The summed E-state index contributed by atoms with van der Waals surface area (Å²) in [7, 11) is 0. The van der Waals surface area contributed by atoms with Crippen molar-refractivity contribution in [2.75, 3.05) is 6.54 Å². The highest BCUT2D eigenvalue weighted by Crippen LogP contribution is 2.33. The lowest BCUT2D eigenvalue weighted by Gasteiger charge is -2.30. The highest BCUT2D eigenvalue weighted by atomic mass is 16.6. The van der Waals surface area contributed by atoms with Gasteiger partial charge in [0.1, 0.15) is 16.9 Å². The van der Waals surface area contributed by atoms with Gasteiger partial charge in [-0.1, -0.05) is 18.2 Å². The van der Waals surface area contributed by atoms with Crippen molar-refractivity contribution >= 4 is 23.1 Å². The van der Waals surface area contributed by atoms with Gasteiger partial charge >= 0.3 is 12.2 Å². The molecule has 1 aliphatic rings. The van der Waals surface area contributed by atoms with Crippen LogP contribution < -0.4 is 0 Å². The maximum absolute atomic E-state index is 13.2. The normalized spacial score (nSPS) is 14.4. The molecule has 0 radical (unpaired) electrons. The third-order valence-electron chi connectivity index (χ3n) is 5.11. The summed E-state index contributed by atoms with van der Waals surface area (Å²) in [6, 6.07) is 9.58. The molecule has 1 aromatic carbocycles. The van der Waals surface area contributed by atoms with Crippen molar-refractivity contribution in [1.29, 1.82) is 0 Å². The van der Waals surface area contributed by atoms with Gasteiger partial charge in [-0.2, -0.15) is 5.10 Å². The van der Waals surface area contributed by atoms with Crippen molar-refractivity contribution in [3.8, 4) is 11.4 Å². The molecule has 170 valence electrons. The molecule has 0 bridgehead atoms. The van der Waals surface area contributed by atoms with Gasteiger partial charge in [-0.15, -0.1) is 0 Å². The third kappa shape index (κ3) is 4.35. The quantitative estimate of drug-likeness (QED) is 0.570. The van der Waals surface area contributed by atoms with Crippen molar-refractivity contribution in [2.45, 2.75) is 65.7 Å². The van der Waals surface area contributed by atoms with E-state index in [0.29, 0.717) is 30.9 Å². The predicted molar refractivity (Wildman–Crippen MR) is 121 cm³/mol. The monoisotopic (exact) mass is 438 g/mol. The van der Waals surface area contributed by atoms with Crippen molar-refractivity contribution in [2.24, 2.45) is 0 Å². The number of para-hydroxylation sites is 1. The van der Waals surface area contributed by atoms with Gasteiger partial charge in [-0.25, -0.2) is 14.2 Å². The second-order valence-electron chi connectivity index (χ2n) is 10.1. The highest BCUT2D eigenvalue weighted by Gasteiger charge is 2.31. The zero-order valence-electron chi connectivity index (χ0n) is 19.5. The SMILES string of the molecule is CC(C)(C)OC(=O)N1CCc2[nH]nc(-c3cc4ccccc4n3C(=O)OC(C)(C)C)c2C1. The number of benzene rings is 1. The van der Waals surface area contributed by atoms with Crippen LogP contribution in [-0.4, -0.2) is 49.6 Å². The minimum absolute atomic E-state index is 0.353. The van der Waals surface area contributed by atoms with E-state index in [1.165, 1.54) is 0 Å². The van der Waals surface area contributed by atoms with Gasteiger partial charge in [-0.05, 0) is 53.7 Å². The van der Waals surface area contributed by atoms with E-state index in [2.05, 4.69) is 10.2 Å². The van der Waals surface area contributed by atoms with Crippen LogP contribution in [0.4, 0.5) is 9.59 Å². The zero-order valence-corrected chi connectivity index (χ0v) is 19.5. The fourth-order valence-corrected chi connectivity index (χ4v) is 3.82. The number of fused-ring (bicyclic) bond motifs is 2. The molecule has 1 aliphatic heterocycles. The largest absolute Gasteiger partial charge is 0.444 e. The first-order chi connectivity index (χ1) is 14.9. The molecule has 0 atom stereocenters. The third-order valence-corrected chi connectivity index (χ3v) is 5.11. The number of nitrogens with one attached hydrogen (secondary N) is 1. The molecule has 1 amide bonds. The van der Waals surface area contributed by atoms with Crippen LogP contribution in [-0.2, 0) is 22.4 Å². The highest BCUT2D eigenvalue weighted by molar-refractivity contribution is 5.96. The number of hydrogen-bond acceptors (Lipinski definition) is 5. The average Bonchev–Trinajstić information content (AvgIpc) is 3.25. The molecule has 1 N–H and O–H groups in total. The van der Waals surface area contributed by atoms with Crippen molar-refractivity contribution < 1.29 is 19.1 Å². The Bertz CT molecular complexity index is 1180. The predicted octanol–water partition coefficient (Wildman–Crippen LogP) is 5.11. The van der Waals surface area contributed by atoms with Crippen LogP contribution in [0.5, 0.6) is 0 Å². The zero-order chi connectivity index (χ0) is 23.3. The summed E-state index contributed by atoms with van der Waals surface area (Å²) in [6.45, 7) is 12.0. The van der Waals surface area contributed by atoms with E-state index >= 15 is 0 Å². The molecule has 0 aliphatic carbocycles. The van der Waals surface area contributed by atoms with Crippen LogP contribution in [0.25, 0.3) is 22.3 Å². The lowest BCUT2D eigenvalue weighted by atomic mass is 10.0. The Hall–Kier alpha value is -3.29. The Balaban J connectivity index is 1.76. The molecule has 0 fully saturated rings. The summed E-state index contributed by atoms with van der Waals surface area (Å²) in [6.07, 6.45) is -0.193. The Morgan fingerprint density at radius 3 is 2.34 bits per heavy atom. The lowest BCUT2D eigenvalue weighted by molar-refractivity contribution is 0.0223. The Labute approximate surface area is 187 Å². The van der Waals surface area contributed by atoms with Crippen LogP contribution in [0.3, 0.4) is 0 Å². The lowest BCUT2D eigenvalue weighted by Crippen LogP contribution is -2.39. The van der Waals surface area contributed by atoms with Crippen LogP contribution in [0.2, 0.25) is 0 Å². The van der Waals surface area contributed by atoms with Crippen LogP contribution in [0.1, 0.15) is 52.8 Å². The number of aromatic amines is 1. The summed E-state index contributed by atoms with van der Waals surface area (Å²) < 4.78 is 12.8. The van der Waals surface area contributed by atoms with Crippen molar-refractivity contribution in [3.05, 3.63) is 41.6 Å². The minimum atomic E-state index is -0.641. The molecule has 8 nitrogen and oxygen atoms in total. The first-order valence-corrected chi connectivity index (χ1v) is 10.8. The number of nitrogens with zero attached hydrogens (tertiary/aromatic N) is 3. The molecule has 4 rings (SSSR count). The molecule has 32 heavy (non-hydrogen) atoms. The Kier molecular flexibility index (Phi) is 5.27. The van der Waals surface area contributed by atoms with Crippen molar-refractivity contribution in [1.82, 2.24) is 19.7 Å². The first-order valence-electron chi connectivity index (χ1n) is 10.8. The number of carbonyl (C=O) groups is 2. The molecule has 0 spiro atoms. The van der Waals surface area contributed by atoms with Gasteiger partial charge in [0.05, 0.1) is 17.8 Å². The van der Waals surface area contributed by atoms with E-state index in [4.69, 9.17) is 9.47 Å². The number of rotatable bonds is 1. The number of amides is 1. The van der Waals surface area contributed by atoms with Crippen molar-refractivity contribution in [3.63, 3.8) is 0 Å². The molecule has 0 unspecified atom stereocenters. The van der Waals surface area contributed by atoms with Gasteiger partial charge in [-0.3, -0.25) is 5.10 Å². The topological polar surface area (TPSA) is 89.5 Å². The summed E-state index contributed by atoms with van der Waals surface area (Å²) in [5, 5.41) is 8.54. The molecule has 3 aromatic rings. The Morgan fingerprint density at radius 1 is 1.00 bits per heavy atom. The number of ether oxygens (including phenoxy) is 2. The van der Waals surface area contributed by atoms with Gasteiger partial charge in [0.25, 0.3) is 0 Å². The molecule has 2 aromatic heterocycles. The number of aromatic nitrogens is 3. The van der Waals surface area contributed by atoms with E-state index in [9.17, 15) is 9.59 Å². The van der Waals surface area contributed by atoms with E-state index in [-0.39, 0.29) is 6.09 Å². The fraction of sp³-hybridized carbons (Fsp3) is 0.458. The molecular formula is C24H30N4O4. The summed E-state index contributed by atoms with van der Waals surface area (Å²) in [4.78, 5) is 27.5. The maximum atomic E-state index is 13.2. The smallest absolute Gasteiger partial charge is 0.419 e. The number of hydrogen-bond donors (Lipinski definition) is 1. The average molecular weight is 439 g/mol. The standard InChI is InChI=1S/C24H30N4O4/c1-23(2,3)31-21(29)27-12-11-17-16(14-27)20(26-25-17)19-13-15-9-7-8-10-18(15)28(19)22(30)32-24(4,5)6/h7-10,13H,11-12,14H2,1-6H3,(H,25,26). The fourth-order valence-electron chi connectivity index (χ4n) is 3.82. The summed E-state index contributed by atoms with van der Waals surface area (Å²) in [5.74, 6) is 0. The van der Waals surface area contributed by atoms with Crippen LogP contribution in [0.15, 0.2) is 30.3 Å². The van der Waals surface area contributed by atoms with Gasteiger partial charge in [0, 0.05) is 29.6 Å². The van der Waals surface area contributed by atoms with E-state index in [1.807, 2.05) is 71.9 Å². The minimum Gasteiger partial charge on any atom is -0.444 e. The van der Waals surface area contributed by atoms with E-state index < -0.39 is 17.3 Å². The molecule has 3 heterocycles. The van der Waals surface area contributed by atoms with E-state index in [0.717, 1.165) is 22.2 Å². The molecule has 0 saturated carbocycles. The van der Waals surface area contributed by atoms with Crippen LogP contribution >= 0.6 is 0 Å². The second-order valence-corrected chi connectivity index (χ2v) is 10.1. The Morgan fingerprint density at radius 2 is 1.66 bits per heavy atom.